The molecule has 0 heterocycles. The number of nitro benzene ring substituents is 1. The third kappa shape index (κ3) is 7.54. The molecule has 208 valence electrons. The molecule has 1 amide bonds. The van der Waals surface area contributed by atoms with E-state index in [0.717, 1.165) is 18.7 Å². The summed E-state index contributed by atoms with van der Waals surface area (Å²) < 4.78 is 5.60. The number of hydrogen-bond donors (Lipinski definition) is 3. The van der Waals surface area contributed by atoms with Crippen LogP contribution in [0.15, 0.2) is 52.1 Å². The van der Waals surface area contributed by atoms with Crippen LogP contribution in [0.1, 0.15) is 32.8 Å². The van der Waals surface area contributed by atoms with Gasteiger partial charge in [0.25, 0.3) is 16.5 Å². The predicted molar refractivity (Wildman–Crippen MR) is 149 cm³/mol. The highest BCUT2D eigenvalue weighted by atomic mass is 16.6. The first kappa shape index (κ1) is 29.1. The van der Waals surface area contributed by atoms with Crippen LogP contribution in [-0.2, 0) is 11.3 Å². The summed E-state index contributed by atoms with van der Waals surface area (Å²) in [6, 6.07) is 10.4. The number of nitro groups is 1. The summed E-state index contributed by atoms with van der Waals surface area (Å²) in [7, 11) is 3.90. The fourth-order valence-corrected chi connectivity index (χ4v) is 3.76. The smallest absolute Gasteiger partial charge is 0.410 e. The first-order chi connectivity index (χ1) is 18.3. The molecule has 0 bridgehead atoms. The van der Waals surface area contributed by atoms with Gasteiger partial charge in [-0.05, 0) is 65.5 Å². The number of carbonyl (C=O) groups excluding carboxylic acids is 1. The van der Waals surface area contributed by atoms with Crippen LogP contribution in [0.25, 0.3) is 0 Å². The molecular weight excluding hydrogens is 506 g/mol. The summed E-state index contributed by atoms with van der Waals surface area (Å²) >= 11 is 0. The number of phenolic OH excluding ortho intramolecular Hbond substituents is 1. The Hall–Kier alpha value is -4.45. The second kappa shape index (κ2) is 11.9. The number of benzene rings is 2. The summed E-state index contributed by atoms with van der Waals surface area (Å²) in [5, 5.41) is 26.8. The van der Waals surface area contributed by atoms with E-state index in [1.807, 2.05) is 19.0 Å². The molecule has 0 aromatic heterocycles. The number of amides is 1. The van der Waals surface area contributed by atoms with Gasteiger partial charge in [-0.15, -0.1) is 0 Å². The number of nitrogens with zero attached hydrogens (tertiary/aromatic N) is 3. The molecule has 0 aliphatic carbocycles. The van der Waals surface area contributed by atoms with Gasteiger partial charge in [-0.3, -0.25) is 19.7 Å². The average molecular weight is 540 g/mol. The normalized spacial score (nSPS) is 11.4. The molecule has 3 aromatic carbocycles. The number of anilines is 4. The number of ether oxygens (including phenoxy) is 1. The Balaban J connectivity index is 1.85. The van der Waals surface area contributed by atoms with Gasteiger partial charge in [-0.1, -0.05) is 18.2 Å². The van der Waals surface area contributed by atoms with Crippen molar-refractivity contribution in [3.05, 3.63) is 78.6 Å². The first-order valence-electron chi connectivity index (χ1n) is 12.3. The zero-order chi connectivity index (χ0) is 28.9. The Bertz CT molecular complexity index is 1420. The number of non-ortho nitro benzene ring substituents is 1. The number of hydrogen-bond acceptors (Lipinski definition) is 10. The van der Waals surface area contributed by atoms with Gasteiger partial charge in [0.15, 0.2) is 0 Å². The molecule has 0 aliphatic rings. The van der Waals surface area contributed by atoms with Crippen LogP contribution in [0.4, 0.5) is 33.2 Å². The molecule has 0 fully saturated rings. The van der Waals surface area contributed by atoms with E-state index in [9.17, 15) is 29.6 Å². The molecule has 12 heteroatoms. The minimum absolute atomic E-state index is 0.0263. The molecule has 3 aromatic rings. The van der Waals surface area contributed by atoms with E-state index < -0.39 is 33.2 Å². The first-order valence-corrected chi connectivity index (χ1v) is 12.3. The van der Waals surface area contributed by atoms with Crippen molar-refractivity contribution >= 4 is 34.5 Å². The largest absolute Gasteiger partial charge is 0.506 e. The maximum absolute atomic E-state index is 13.0. The molecule has 0 saturated heterocycles. The molecule has 0 aliphatic heterocycles. The lowest BCUT2D eigenvalue weighted by Gasteiger charge is -2.28. The molecular formula is C27H33N5O7. The molecule has 3 rings (SSSR count). The second-order valence-electron chi connectivity index (χ2n) is 10.3. The van der Waals surface area contributed by atoms with Crippen LogP contribution in [0.5, 0.6) is 5.75 Å². The number of rotatable bonds is 11. The Labute approximate surface area is 225 Å². The molecule has 0 radical (unpaired) electrons. The quantitative estimate of drug-likeness (QED) is 0.141. The van der Waals surface area contributed by atoms with Crippen molar-refractivity contribution in [2.24, 2.45) is 0 Å². The molecule has 0 atom stereocenters. The molecule has 12 nitrogen and oxygen atoms in total. The van der Waals surface area contributed by atoms with Crippen molar-refractivity contribution in [1.82, 2.24) is 9.80 Å². The number of nitrogens with one attached hydrogen (secondary N) is 2. The summed E-state index contributed by atoms with van der Waals surface area (Å²) in [6.07, 6.45) is 0.244. The lowest BCUT2D eigenvalue weighted by atomic mass is 10.1. The third-order valence-corrected chi connectivity index (χ3v) is 5.69. The molecule has 39 heavy (non-hydrogen) atoms. The minimum Gasteiger partial charge on any atom is -0.506 e. The van der Waals surface area contributed by atoms with E-state index in [1.165, 1.54) is 6.07 Å². The maximum Gasteiger partial charge on any atom is 0.410 e. The van der Waals surface area contributed by atoms with Crippen molar-refractivity contribution in [1.29, 1.82) is 0 Å². The Kier molecular flexibility index (Phi) is 8.92. The van der Waals surface area contributed by atoms with E-state index in [1.54, 1.807) is 49.9 Å². The van der Waals surface area contributed by atoms with E-state index in [4.69, 9.17) is 4.74 Å². The molecule has 0 spiro atoms. The summed E-state index contributed by atoms with van der Waals surface area (Å²) in [5.74, 6) is -0.450. The van der Waals surface area contributed by atoms with Gasteiger partial charge in [0, 0.05) is 18.3 Å². The highest BCUT2D eigenvalue weighted by Gasteiger charge is 2.25. The summed E-state index contributed by atoms with van der Waals surface area (Å²) in [6.45, 7) is 6.78. The summed E-state index contributed by atoms with van der Waals surface area (Å²) in [5.41, 5.74) is -1.46. The fourth-order valence-electron chi connectivity index (χ4n) is 3.76. The van der Waals surface area contributed by atoms with Gasteiger partial charge in [0.1, 0.15) is 22.7 Å². The second-order valence-corrected chi connectivity index (χ2v) is 10.3. The van der Waals surface area contributed by atoms with Gasteiger partial charge in [0.2, 0.25) is 0 Å². The van der Waals surface area contributed by atoms with Crippen LogP contribution >= 0.6 is 0 Å². The highest BCUT2D eigenvalue weighted by Crippen LogP contribution is 2.33. The fraction of sp³-hybridized carbons (Fsp3) is 0.370. The van der Waals surface area contributed by atoms with Gasteiger partial charge < -0.3 is 30.3 Å². The number of para-hydroxylation sites is 1. The summed E-state index contributed by atoms with van der Waals surface area (Å²) in [4.78, 5) is 51.6. The van der Waals surface area contributed by atoms with Crippen molar-refractivity contribution in [3.63, 3.8) is 0 Å². The SMILES string of the molecule is CN(C)CCCN(Cc1ccccc1Nc1c(Nc2ccc([N+](=O)[O-])cc2O)c(=O)c1=O)C(=O)OC(C)(C)C. The van der Waals surface area contributed by atoms with Crippen LogP contribution in [-0.4, -0.2) is 58.7 Å². The maximum atomic E-state index is 13.0. The van der Waals surface area contributed by atoms with Crippen LogP contribution < -0.4 is 21.5 Å². The van der Waals surface area contributed by atoms with Crippen LogP contribution in [0.2, 0.25) is 0 Å². The minimum atomic E-state index is -0.799. The van der Waals surface area contributed by atoms with E-state index in [-0.39, 0.29) is 29.3 Å². The average Bonchev–Trinajstić information content (AvgIpc) is 2.85. The van der Waals surface area contributed by atoms with Crippen LogP contribution in [0.3, 0.4) is 0 Å². The van der Waals surface area contributed by atoms with Crippen molar-refractivity contribution in [3.8, 4) is 5.75 Å². The standard InChI is InChI=1S/C27H33N5O7/c1-27(2,3)39-26(36)31(14-8-13-30(4)5)16-17-9-6-7-10-19(17)28-22-23(25(35)24(22)34)29-20-12-11-18(32(37)38)15-21(20)33/h6-7,9-12,15,28-29,33H,8,13-14,16H2,1-5H3. The highest BCUT2D eigenvalue weighted by molar-refractivity contribution is 5.84. The lowest BCUT2D eigenvalue weighted by Crippen LogP contribution is -2.38. The molecule has 3 N–H and O–H groups in total. The van der Waals surface area contributed by atoms with Crippen molar-refractivity contribution in [2.45, 2.75) is 39.3 Å². The zero-order valence-corrected chi connectivity index (χ0v) is 22.6. The number of aromatic hydroxyl groups is 1. The lowest BCUT2D eigenvalue weighted by molar-refractivity contribution is -0.384. The number of carbonyl (C=O) groups is 1. The predicted octanol–water partition coefficient (Wildman–Crippen LogP) is 4.07. The van der Waals surface area contributed by atoms with Gasteiger partial charge in [-0.25, -0.2) is 4.79 Å². The van der Waals surface area contributed by atoms with E-state index in [2.05, 4.69) is 10.6 Å². The molecule has 0 unspecified atom stereocenters. The number of phenols is 1. The van der Waals surface area contributed by atoms with E-state index in [0.29, 0.717) is 24.2 Å². The van der Waals surface area contributed by atoms with Gasteiger partial charge in [-0.2, -0.15) is 0 Å². The zero-order valence-electron chi connectivity index (χ0n) is 22.6. The Morgan fingerprint density at radius 2 is 1.62 bits per heavy atom. The molecule has 0 saturated carbocycles. The monoisotopic (exact) mass is 539 g/mol. The Morgan fingerprint density at radius 3 is 2.18 bits per heavy atom. The third-order valence-electron chi connectivity index (χ3n) is 5.69. The van der Waals surface area contributed by atoms with E-state index >= 15 is 0 Å². The van der Waals surface area contributed by atoms with Crippen molar-refractivity contribution in [2.75, 3.05) is 37.8 Å². The van der Waals surface area contributed by atoms with Gasteiger partial charge >= 0.3 is 6.09 Å². The van der Waals surface area contributed by atoms with Crippen LogP contribution in [0, 0.1) is 10.1 Å². The van der Waals surface area contributed by atoms with Crippen molar-refractivity contribution < 1.29 is 19.6 Å². The Morgan fingerprint density at radius 1 is 1.00 bits per heavy atom. The topological polar surface area (TPSA) is 154 Å². The van der Waals surface area contributed by atoms with Gasteiger partial charge in [0.05, 0.1) is 23.2 Å².